The van der Waals surface area contributed by atoms with E-state index in [1.54, 1.807) is 0 Å². The third kappa shape index (κ3) is 3.37. The lowest BCUT2D eigenvalue weighted by atomic mass is 10.1. The number of benzene rings is 3. The van der Waals surface area contributed by atoms with E-state index in [1.807, 2.05) is 60.7 Å². The van der Waals surface area contributed by atoms with Crippen LogP contribution in [0.2, 0.25) is 0 Å². The largest absolute Gasteiger partial charge is 1.00 e. The van der Waals surface area contributed by atoms with Gasteiger partial charge in [0.2, 0.25) is 5.85 Å². The Morgan fingerprint density at radius 3 is 1.96 bits per heavy atom. The second-order valence-corrected chi connectivity index (χ2v) is 8.17. The van der Waals surface area contributed by atoms with Gasteiger partial charge in [0.15, 0.2) is 0 Å². The van der Waals surface area contributed by atoms with E-state index in [-0.39, 0.29) is 28.8 Å². The Morgan fingerprint density at radius 1 is 0.840 bits per heavy atom. The van der Waals surface area contributed by atoms with Crippen LogP contribution in [-0.2, 0) is 4.74 Å². The average molecular weight is 417 g/mol. The van der Waals surface area contributed by atoms with E-state index in [2.05, 4.69) is 0 Å². The summed E-state index contributed by atoms with van der Waals surface area (Å²) in [5, 5.41) is 2.26. The number of halogens is 2. The molecule has 0 saturated heterocycles. The molecule has 1 unspecified atom stereocenters. The predicted molar refractivity (Wildman–Crippen MR) is 95.0 cm³/mol. The molecule has 0 N–H and O–H groups in total. The topological polar surface area (TPSA) is 26.3 Å². The summed E-state index contributed by atoms with van der Waals surface area (Å²) in [6.07, 6.45) is 0. The Balaban J connectivity index is 0.00000182. The van der Waals surface area contributed by atoms with Crippen molar-refractivity contribution in [2.75, 3.05) is 0 Å². The number of fused-ring (bicyclic) bond motifs is 1. The van der Waals surface area contributed by atoms with Crippen molar-refractivity contribution >= 4 is 24.5 Å². The first-order valence-electron chi connectivity index (χ1n) is 7.72. The van der Waals surface area contributed by atoms with Crippen LogP contribution in [-0.4, -0.2) is 5.97 Å². The summed E-state index contributed by atoms with van der Waals surface area (Å²) in [5.41, 5.74) is 1.12. The molecule has 4 rings (SSSR count). The fraction of sp³-hybridized carbons (Fsp3) is 0.0500. The van der Waals surface area contributed by atoms with Crippen LogP contribution < -0.4 is 27.6 Å². The zero-order chi connectivity index (χ0) is 16.5. The maximum atomic E-state index is 13.8. The van der Waals surface area contributed by atoms with Gasteiger partial charge in [0.05, 0.1) is 5.56 Å². The lowest BCUT2D eigenvalue weighted by molar-refractivity contribution is -0.0000227. The molecule has 3 aromatic rings. The van der Waals surface area contributed by atoms with Crippen molar-refractivity contribution in [1.82, 2.24) is 0 Å². The summed E-state index contributed by atoms with van der Waals surface area (Å²) in [4.78, 5) is 12.2. The van der Waals surface area contributed by atoms with Gasteiger partial charge in [-0.3, -0.25) is 0 Å². The van der Waals surface area contributed by atoms with Crippen LogP contribution >= 0.6 is 7.92 Å². The van der Waals surface area contributed by atoms with Gasteiger partial charge in [-0.15, -0.1) is 0 Å². The normalized spacial score (nSPS) is 15.4. The summed E-state index contributed by atoms with van der Waals surface area (Å²) in [7, 11) is -1.45. The highest BCUT2D eigenvalue weighted by atomic mass is 79.9. The van der Waals surface area contributed by atoms with Crippen LogP contribution in [0.5, 0.6) is 0 Å². The number of rotatable bonds is 3. The van der Waals surface area contributed by atoms with E-state index in [0.29, 0.717) is 11.1 Å². The molecule has 0 fully saturated rings. The van der Waals surface area contributed by atoms with Gasteiger partial charge >= 0.3 is 5.97 Å². The number of ether oxygens (including phenoxy) is 1. The van der Waals surface area contributed by atoms with Gasteiger partial charge in [-0.05, 0) is 42.5 Å². The zero-order valence-corrected chi connectivity index (χ0v) is 15.7. The molecular weight excluding hydrogens is 402 g/mol. The van der Waals surface area contributed by atoms with Gasteiger partial charge in [0.1, 0.15) is 24.3 Å². The molecule has 0 saturated carbocycles. The monoisotopic (exact) mass is 416 g/mol. The standard InChI is InChI=1S/C20H14FO2P.BrH/c21-14-11-12-17-18(13-14)20(23-19(17)22)24(15-7-3-1-4-8-15)16-9-5-2-6-10-16;/h1-13,20H;1H. The second kappa shape index (κ2) is 7.47. The molecule has 1 aliphatic rings. The van der Waals surface area contributed by atoms with Gasteiger partial charge in [-0.25, -0.2) is 9.18 Å². The van der Waals surface area contributed by atoms with Crippen LogP contribution in [0.15, 0.2) is 78.9 Å². The lowest BCUT2D eigenvalue weighted by Crippen LogP contribution is -3.00. The van der Waals surface area contributed by atoms with Gasteiger partial charge < -0.3 is 21.7 Å². The highest BCUT2D eigenvalue weighted by Crippen LogP contribution is 2.54. The van der Waals surface area contributed by atoms with E-state index in [0.717, 1.165) is 10.6 Å². The molecule has 1 aliphatic heterocycles. The van der Waals surface area contributed by atoms with E-state index in [4.69, 9.17) is 4.74 Å². The third-order valence-corrected chi connectivity index (χ3v) is 7.04. The van der Waals surface area contributed by atoms with Gasteiger partial charge in [0, 0.05) is 5.56 Å². The maximum absolute atomic E-state index is 13.8. The minimum absolute atomic E-state index is 0. The lowest BCUT2D eigenvalue weighted by Gasteiger charge is -2.17. The van der Waals surface area contributed by atoms with Gasteiger partial charge in [-0.1, -0.05) is 36.4 Å². The summed E-state index contributed by atoms with van der Waals surface area (Å²) < 4.78 is 19.5. The van der Waals surface area contributed by atoms with Gasteiger partial charge in [-0.2, -0.15) is 0 Å². The molecule has 0 amide bonds. The highest BCUT2D eigenvalue weighted by molar-refractivity contribution is 7.73. The van der Waals surface area contributed by atoms with Crippen molar-refractivity contribution in [2.24, 2.45) is 0 Å². The van der Waals surface area contributed by atoms with Gasteiger partial charge in [0.25, 0.3) is 0 Å². The number of esters is 1. The quantitative estimate of drug-likeness (QED) is 0.467. The predicted octanol–water partition coefficient (Wildman–Crippen LogP) is 0.864. The SMILES string of the molecule is O=C1OC([PH+](c2ccccc2)c2ccccc2)c2cc(F)ccc21.[Br-]. The first-order valence-corrected chi connectivity index (χ1v) is 9.30. The average Bonchev–Trinajstić information content (AvgIpc) is 2.93. The molecular formula is C20H15BrFO2P. The third-order valence-electron chi connectivity index (χ3n) is 4.17. The molecule has 1 atom stereocenters. The van der Waals surface area contributed by atoms with Crippen molar-refractivity contribution in [3.05, 3.63) is 95.8 Å². The smallest absolute Gasteiger partial charge is 0.342 e. The van der Waals surface area contributed by atoms with E-state index >= 15 is 0 Å². The van der Waals surface area contributed by atoms with Crippen molar-refractivity contribution in [1.29, 1.82) is 0 Å². The first-order chi connectivity index (χ1) is 11.7. The van der Waals surface area contributed by atoms with Crippen LogP contribution in [0.3, 0.4) is 0 Å². The molecule has 0 radical (unpaired) electrons. The summed E-state index contributed by atoms with van der Waals surface area (Å²) in [5.74, 6) is -1.15. The molecule has 1 heterocycles. The van der Waals surface area contributed by atoms with E-state index in [1.165, 1.54) is 18.2 Å². The maximum Gasteiger partial charge on any atom is 0.342 e. The molecule has 5 heteroatoms. The fourth-order valence-corrected chi connectivity index (χ4v) is 5.91. The summed E-state index contributed by atoms with van der Waals surface area (Å²) in [6.45, 7) is 0. The summed E-state index contributed by atoms with van der Waals surface area (Å²) >= 11 is 0. The Kier molecular flexibility index (Phi) is 5.31. The molecule has 2 nitrogen and oxygen atoms in total. The molecule has 3 aromatic carbocycles. The highest BCUT2D eigenvalue weighted by Gasteiger charge is 2.44. The Hall–Kier alpha value is -2.03. The number of hydrogen-bond acceptors (Lipinski definition) is 2. The first kappa shape index (κ1) is 17.8. The minimum atomic E-state index is -1.45. The fourth-order valence-electron chi connectivity index (χ4n) is 3.09. The Bertz CT molecular complexity index is 847. The van der Waals surface area contributed by atoms with Crippen LogP contribution in [0, 0.1) is 5.82 Å². The molecule has 126 valence electrons. The number of carbonyl (C=O) groups excluding carboxylic acids is 1. The number of cyclic esters (lactones) is 1. The van der Waals surface area contributed by atoms with Crippen molar-refractivity contribution in [3.8, 4) is 0 Å². The van der Waals surface area contributed by atoms with Crippen LogP contribution in [0.4, 0.5) is 4.39 Å². The van der Waals surface area contributed by atoms with E-state index < -0.39 is 13.8 Å². The molecule has 0 spiro atoms. The minimum Gasteiger partial charge on any atom is -1.00 e. The molecule has 0 bridgehead atoms. The molecule has 0 aliphatic carbocycles. The van der Waals surface area contributed by atoms with Crippen LogP contribution in [0.1, 0.15) is 21.8 Å². The Morgan fingerprint density at radius 2 is 1.40 bits per heavy atom. The van der Waals surface area contributed by atoms with Crippen molar-refractivity contribution in [2.45, 2.75) is 5.85 Å². The Labute approximate surface area is 157 Å². The van der Waals surface area contributed by atoms with Crippen molar-refractivity contribution < 1.29 is 30.9 Å². The molecule has 0 aromatic heterocycles. The second-order valence-electron chi connectivity index (χ2n) is 5.66. The number of carbonyl (C=O) groups is 1. The molecule has 25 heavy (non-hydrogen) atoms. The van der Waals surface area contributed by atoms with E-state index in [9.17, 15) is 9.18 Å². The van der Waals surface area contributed by atoms with Crippen LogP contribution in [0.25, 0.3) is 0 Å². The zero-order valence-electron chi connectivity index (χ0n) is 13.2. The number of hydrogen-bond donors (Lipinski definition) is 0. The summed E-state index contributed by atoms with van der Waals surface area (Å²) in [6, 6.07) is 24.3. The van der Waals surface area contributed by atoms with Crippen molar-refractivity contribution in [3.63, 3.8) is 0 Å².